The van der Waals surface area contributed by atoms with Gasteiger partial charge in [-0.15, -0.1) is 0 Å². The van der Waals surface area contributed by atoms with Crippen LogP contribution in [0.25, 0.3) is 0 Å². The van der Waals surface area contributed by atoms with Crippen molar-refractivity contribution < 1.29 is 0 Å². The Morgan fingerprint density at radius 1 is 1.40 bits per heavy atom. The molecule has 0 saturated heterocycles. The summed E-state index contributed by atoms with van der Waals surface area (Å²) in [5, 5.41) is 1.04. The van der Waals surface area contributed by atoms with Gasteiger partial charge in [-0.1, -0.05) is 15.9 Å². The third-order valence-electron chi connectivity index (χ3n) is 2.27. The number of anilines is 1. The highest BCUT2D eigenvalue weighted by Gasteiger charge is 2.06. The van der Waals surface area contributed by atoms with Crippen LogP contribution in [0.3, 0.4) is 0 Å². The Balaban J connectivity index is 2.78. The van der Waals surface area contributed by atoms with Gasteiger partial charge in [0.25, 0.3) is 0 Å². The van der Waals surface area contributed by atoms with E-state index in [1.54, 1.807) is 0 Å². The van der Waals surface area contributed by atoms with Crippen molar-refractivity contribution in [1.29, 1.82) is 0 Å². The SMILES string of the molecule is CCN(CCCBr)c1ccc(Br)c(C)n1. The molecule has 0 unspecified atom stereocenters. The summed E-state index contributed by atoms with van der Waals surface area (Å²) in [5.74, 6) is 1.07. The zero-order chi connectivity index (χ0) is 11.3. The molecule has 1 aromatic rings. The zero-order valence-electron chi connectivity index (χ0n) is 9.13. The third kappa shape index (κ3) is 3.76. The minimum Gasteiger partial charge on any atom is -0.357 e. The van der Waals surface area contributed by atoms with Crippen molar-refractivity contribution in [3.63, 3.8) is 0 Å². The average molecular weight is 336 g/mol. The van der Waals surface area contributed by atoms with E-state index in [0.29, 0.717) is 0 Å². The smallest absolute Gasteiger partial charge is 0.128 e. The van der Waals surface area contributed by atoms with Crippen LogP contribution in [0.1, 0.15) is 19.0 Å². The minimum atomic E-state index is 1.00. The lowest BCUT2D eigenvalue weighted by Gasteiger charge is -2.22. The molecule has 1 aromatic heterocycles. The van der Waals surface area contributed by atoms with Crippen LogP contribution in [0.4, 0.5) is 5.82 Å². The van der Waals surface area contributed by atoms with Crippen LogP contribution < -0.4 is 4.90 Å². The lowest BCUT2D eigenvalue weighted by molar-refractivity contribution is 0.783. The van der Waals surface area contributed by atoms with Gasteiger partial charge in [0.1, 0.15) is 5.82 Å². The van der Waals surface area contributed by atoms with Gasteiger partial charge >= 0.3 is 0 Å². The first-order chi connectivity index (χ1) is 7.19. The summed E-state index contributed by atoms with van der Waals surface area (Å²) in [6, 6.07) is 4.13. The largest absolute Gasteiger partial charge is 0.357 e. The van der Waals surface area contributed by atoms with Crippen LogP contribution in [0.2, 0.25) is 0 Å². The number of hydrogen-bond donors (Lipinski definition) is 0. The second kappa shape index (κ2) is 6.48. The van der Waals surface area contributed by atoms with E-state index < -0.39 is 0 Å². The first-order valence-corrected chi connectivity index (χ1v) is 7.04. The second-order valence-electron chi connectivity index (χ2n) is 3.36. The van der Waals surface area contributed by atoms with Crippen molar-refractivity contribution in [2.45, 2.75) is 20.3 Å². The highest BCUT2D eigenvalue weighted by atomic mass is 79.9. The number of hydrogen-bond acceptors (Lipinski definition) is 2. The van der Waals surface area contributed by atoms with Crippen molar-refractivity contribution in [3.8, 4) is 0 Å². The molecule has 1 heterocycles. The standard InChI is InChI=1S/C11H16Br2N2/c1-3-15(8-4-7-12)11-6-5-10(13)9(2)14-11/h5-6H,3-4,7-8H2,1-2H3. The summed E-state index contributed by atoms with van der Waals surface area (Å²) in [5.41, 5.74) is 1.05. The average Bonchev–Trinajstić information content (AvgIpc) is 2.24. The predicted octanol–water partition coefficient (Wildman–Crippen LogP) is 3.76. The molecule has 0 bridgehead atoms. The Labute approximate surface area is 108 Å². The van der Waals surface area contributed by atoms with Crippen LogP contribution in [0.5, 0.6) is 0 Å². The van der Waals surface area contributed by atoms with E-state index in [4.69, 9.17) is 0 Å². The fourth-order valence-electron chi connectivity index (χ4n) is 1.39. The lowest BCUT2D eigenvalue weighted by atomic mass is 10.3. The minimum absolute atomic E-state index is 1.00. The molecule has 84 valence electrons. The molecule has 0 amide bonds. The summed E-state index contributed by atoms with van der Waals surface area (Å²) in [6.07, 6.45) is 1.14. The Morgan fingerprint density at radius 3 is 2.67 bits per heavy atom. The summed E-state index contributed by atoms with van der Waals surface area (Å²) in [4.78, 5) is 6.85. The van der Waals surface area contributed by atoms with Crippen LogP contribution >= 0.6 is 31.9 Å². The van der Waals surface area contributed by atoms with Crippen molar-refractivity contribution in [2.75, 3.05) is 23.3 Å². The molecule has 2 nitrogen and oxygen atoms in total. The van der Waals surface area contributed by atoms with Gasteiger partial charge in [0.15, 0.2) is 0 Å². The van der Waals surface area contributed by atoms with Gasteiger partial charge in [0.05, 0.1) is 5.69 Å². The number of nitrogens with zero attached hydrogens (tertiary/aromatic N) is 2. The van der Waals surface area contributed by atoms with Gasteiger partial charge in [-0.25, -0.2) is 4.98 Å². The number of halogens is 2. The maximum Gasteiger partial charge on any atom is 0.128 e. The second-order valence-corrected chi connectivity index (χ2v) is 5.01. The van der Waals surface area contributed by atoms with Gasteiger partial charge in [-0.3, -0.25) is 0 Å². The fourth-order valence-corrected chi connectivity index (χ4v) is 1.86. The number of rotatable bonds is 5. The van der Waals surface area contributed by atoms with Gasteiger partial charge in [-0.05, 0) is 48.3 Å². The Hall–Kier alpha value is -0.0900. The topological polar surface area (TPSA) is 16.1 Å². The summed E-state index contributed by atoms with van der Waals surface area (Å²) in [7, 11) is 0. The lowest BCUT2D eigenvalue weighted by Crippen LogP contribution is -2.25. The van der Waals surface area contributed by atoms with Gasteiger partial charge in [0.2, 0.25) is 0 Å². The molecule has 0 spiro atoms. The monoisotopic (exact) mass is 334 g/mol. The van der Waals surface area contributed by atoms with Crippen molar-refractivity contribution >= 4 is 37.7 Å². The maximum absolute atomic E-state index is 4.56. The molecule has 1 rings (SSSR count). The molecule has 0 aromatic carbocycles. The van der Waals surface area contributed by atoms with E-state index in [1.165, 1.54) is 0 Å². The summed E-state index contributed by atoms with van der Waals surface area (Å²) >= 11 is 6.92. The van der Waals surface area contributed by atoms with Gasteiger partial charge < -0.3 is 4.90 Å². The molecule has 0 aliphatic heterocycles. The molecular formula is C11H16Br2N2. The van der Waals surface area contributed by atoms with Crippen molar-refractivity contribution in [2.24, 2.45) is 0 Å². The van der Waals surface area contributed by atoms with Gasteiger partial charge in [0, 0.05) is 22.9 Å². The molecule has 0 saturated carbocycles. The molecule has 0 aliphatic rings. The first-order valence-electron chi connectivity index (χ1n) is 5.13. The highest BCUT2D eigenvalue weighted by molar-refractivity contribution is 9.10. The Morgan fingerprint density at radius 2 is 2.13 bits per heavy atom. The molecule has 0 fully saturated rings. The van der Waals surface area contributed by atoms with Crippen LogP contribution in [0.15, 0.2) is 16.6 Å². The molecule has 0 aliphatic carbocycles. The number of alkyl halides is 1. The normalized spacial score (nSPS) is 10.4. The zero-order valence-corrected chi connectivity index (χ0v) is 12.3. The molecule has 0 N–H and O–H groups in total. The Kier molecular flexibility index (Phi) is 5.61. The number of aryl methyl sites for hydroxylation is 1. The summed E-state index contributed by atoms with van der Waals surface area (Å²) in [6.45, 7) is 6.23. The quantitative estimate of drug-likeness (QED) is 0.761. The first kappa shape index (κ1) is 13.0. The van der Waals surface area contributed by atoms with Crippen molar-refractivity contribution in [3.05, 3.63) is 22.3 Å². The maximum atomic E-state index is 4.56. The fraction of sp³-hybridized carbons (Fsp3) is 0.545. The van der Waals surface area contributed by atoms with E-state index >= 15 is 0 Å². The van der Waals surface area contributed by atoms with E-state index in [9.17, 15) is 0 Å². The van der Waals surface area contributed by atoms with Gasteiger partial charge in [-0.2, -0.15) is 0 Å². The molecule has 15 heavy (non-hydrogen) atoms. The summed E-state index contributed by atoms with van der Waals surface area (Å²) < 4.78 is 1.07. The van der Waals surface area contributed by atoms with Crippen LogP contribution in [-0.2, 0) is 0 Å². The molecule has 0 atom stereocenters. The van der Waals surface area contributed by atoms with E-state index in [2.05, 4.69) is 60.8 Å². The Bertz CT molecular complexity index is 315. The molecule has 0 radical (unpaired) electrons. The van der Waals surface area contributed by atoms with E-state index in [1.807, 2.05) is 6.92 Å². The number of pyridine rings is 1. The van der Waals surface area contributed by atoms with Crippen LogP contribution in [0, 0.1) is 6.92 Å². The van der Waals surface area contributed by atoms with E-state index in [0.717, 1.165) is 40.8 Å². The van der Waals surface area contributed by atoms with Crippen molar-refractivity contribution in [1.82, 2.24) is 4.98 Å². The predicted molar refractivity (Wildman–Crippen MR) is 73.0 cm³/mol. The molecular weight excluding hydrogens is 320 g/mol. The van der Waals surface area contributed by atoms with E-state index in [-0.39, 0.29) is 0 Å². The third-order valence-corrected chi connectivity index (χ3v) is 3.67. The highest BCUT2D eigenvalue weighted by Crippen LogP contribution is 2.19. The van der Waals surface area contributed by atoms with Crippen LogP contribution in [-0.4, -0.2) is 23.4 Å². The molecule has 4 heteroatoms. The number of aromatic nitrogens is 1.